The van der Waals surface area contributed by atoms with Gasteiger partial charge in [-0.15, -0.1) is 0 Å². The highest BCUT2D eigenvalue weighted by Crippen LogP contribution is 2.43. The first-order valence-electron chi connectivity index (χ1n) is 4.69. The molecule has 4 rings (SSSR count). The van der Waals surface area contributed by atoms with Gasteiger partial charge >= 0.3 is 0 Å². The molecule has 0 amide bonds. The van der Waals surface area contributed by atoms with Crippen LogP contribution in [0.15, 0.2) is 0 Å². The van der Waals surface area contributed by atoms with Crippen LogP contribution in [-0.4, -0.2) is 23.5 Å². The normalized spacial score (nSPS) is 57.6. The van der Waals surface area contributed by atoms with E-state index >= 15 is 0 Å². The van der Waals surface area contributed by atoms with Crippen molar-refractivity contribution in [3.05, 3.63) is 0 Å². The lowest BCUT2D eigenvalue weighted by Gasteiger charge is -2.45. The summed E-state index contributed by atoms with van der Waals surface area (Å²) in [6.45, 7) is 1.43. The summed E-state index contributed by atoms with van der Waals surface area (Å²) in [6.07, 6.45) is 7.61. The lowest BCUT2D eigenvalue weighted by atomic mass is 9.83. The van der Waals surface area contributed by atoms with Crippen molar-refractivity contribution in [1.29, 1.82) is 0 Å². The Hall–Kier alpha value is -0.0400. The smallest absolute Gasteiger partial charge is 0.0101 e. The molecule has 56 valence electrons. The van der Waals surface area contributed by atoms with Crippen LogP contribution in [0, 0.1) is 5.92 Å². The quantitative estimate of drug-likeness (QED) is 0.490. The molecule has 0 aliphatic carbocycles. The van der Waals surface area contributed by atoms with Crippen molar-refractivity contribution in [2.75, 3.05) is 6.54 Å². The third kappa shape index (κ3) is 0.572. The van der Waals surface area contributed by atoms with Gasteiger partial charge in [0.25, 0.3) is 0 Å². The Balaban J connectivity index is 1.94. The fraction of sp³-hybridized carbons (Fsp3) is 1.00. The van der Waals surface area contributed by atoms with Gasteiger partial charge in [0, 0.05) is 12.1 Å². The summed E-state index contributed by atoms with van der Waals surface area (Å²) < 4.78 is 0. The first-order valence-corrected chi connectivity index (χ1v) is 4.69. The second kappa shape index (κ2) is 1.76. The third-order valence-corrected chi connectivity index (χ3v) is 3.78. The van der Waals surface area contributed by atoms with E-state index in [2.05, 4.69) is 4.90 Å². The molecule has 0 radical (unpaired) electrons. The first-order chi connectivity index (χ1) is 4.93. The van der Waals surface area contributed by atoms with E-state index in [1.807, 2.05) is 0 Å². The average molecular weight is 137 g/mol. The zero-order chi connectivity index (χ0) is 6.55. The minimum atomic E-state index is 1.03. The molecule has 0 aromatic carbocycles. The summed E-state index contributed by atoms with van der Waals surface area (Å²) in [6, 6.07) is 2.05. The van der Waals surface area contributed by atoms with E-state index in [1.165, 1.54) is 38.6 Å². The van der Waals surface area contributed by atoms with Crippen LogP contribution in [0.5, 0.6) is 0 Å². The van der Waals surface area contributed by atoms with Gasteiger partial charge in [0.2, 0.25) is 0 Å². The summed E-state index contributed by atoms with van der Waals surface area (Å²) in [5.74, 6) is 1.13. The fourth-order valence-corrected chi connectivity index (χ4v) is 3.32. The van der Waals surface area contributed by atoms with Crippen LogP contribution in [0.4, 0.5) is 0 Å². The highest BCUT2D eigenvalue weighted by atomic mass is 15.2. The van der Waals surface area contributed by atoms with Crippen molar-refractivity contribution in [3.63, 3.8) is 0 Å². The predicted molar refractivity (Wildman–Crippen MR) is 40.9 cm³/mol. The van der Waals surface area contributed by atoms with Crippen LogP contribution in [0.3, 0.4) is 0 Å². The molecule has 0 N–H and O–H groups in total. The Bertz CT molecular complexity index is 141. The maximum Gasteiger partial charge on any atom is 0.0101 e. The number of nitrogens with zero attached hydrogens (tertiary/aromatic N) is 1. The number of fused-ring (bicyclic) bond motifs is 1. The van der Waals surface area contributed by atoms with Gasteiger partial charge in [0.1, 0.15) is 0 Å². The molecule has 4 bridgehead atoms. The molecule has 10 heavy (non-hydrogen) atoms. The molecular weight excluding hydrogens is 122 g/mol. The summed E-state index contributed by atoms with van der Waals surface area (Å²) in [5, 5.41) is 0. The molecule has 2 atom stereocenters. The Kier molecular flexibility index (Phi) is 0.984. The van der Waals surface area contributed by atoms with E-state index in [1.54, 1.807) is 0 Å². The monoisotopic (exact) mass is 137 g/mol. The molecule has 4 saturated heterocycles. The van der Waals surface area contributed by atoms with Crippen molar-refractivity contribution >= 4 is 0 Å². The highest BCUT2D eigenvalue weighted by Gasteiger charge is 2.43. The molecule has 4 heterocycles. The van der Waals surface area contributed by atoms with Crippen molar-refractivity contribution in [3.8, 4) is 0 Å². The Morgan fingerprint density at radius 3 is 2.10 bits per heavy atom. The van der Waals surface area contributed by atoms with Gasteiger partial charge in [0.15, 0.2) is 0 Å². The van der Waals surface area contributed by atoms with Crippen LogP contribution in [-0.2, 0) is 0 Å². The fourth-order valence-electron chi connectivity index (χ4n) is 3.32. The average Bonchev–Trinajstić information content (AvgIpc) is 2.29. The maximum absolute atomic E-state index is 2.78. The Labute approximate surface area is 62.4 Å². The molecule has 0 spiro atoms. The molecule has 4 aliphatic heterocycles. The summed E-state index contributed by atoms with van der Waals surface area (Å²) in [7, 11) is 0. The molecule has 2 unspecified atom stereocenters. The molecular formula is C9H15N. The van der Waals surface area contributed by atoms with Crippen LogP contribution in [0.2, 0.25) is 0 Å². The van der Waals surface area contributed by atoms with Crippen molar-refractivity contribution in [1.82, 2.24) is 4.90 Å². The standard InChI is InChI=1S/C9H15N/c1-2-9-6-7-3-4-10(9)8(1)5-7/h7-9H,1-6H2. The lowest BCUT2D eigenvalue weighted by molar-refractivity contribution is 0.0419. The van der Waals surface area contributed by atoms with E-state index in [0.29, 0.717) is 0 Å². The summed E-state index contributed by atoms with van der Waals surface area (Å²) >= 11 is 0. The van der Waals surface area contributed by atoms with Gasteiger partial charge in [0.05, 0.1) is 0 Å². The Morgan fingerprint density at radius 2 is 1.60 bits per heavy atom. The van der Waals surface area contributed by atoms with Crippen LogP contribution in [0.1, 0.15) is 32.1 Å². The van der Waals surface area contributed by atoms with Crippen molar-refractivity contribution < 1.29 is 0 Å². The molecule has 4 aliphatic rings. The van der Waals surface area contributed by atoms with Gasteiger partial charge < -0.3 is 0 Å². The van der Waals surface area contributed by atoms with Crippen LogP contribution < -0.4 is 0 Å². The topological polar surface area (TPSA) is 3.24 Å². The van der Waals surface area contributed by atoms with Crippen molar-refractivity contribution in [2.24, 2.45) is 5.92 Å². The number of hydrogen-bond acceptors (Lipinski definition) is 1. The number of hydrogen-bond donors (Lipinski definition) is 0. The maximum atomic E-state index is 2.78. The third-order valence-electron chi connectivity index (χ3n) is 3.78. The molecule has 1 heteroatoms. The van der Waals surface area contributed by atoms with E-state index in [4.69, 9.17) is 0 Å². The zero-order valence-electron chi connectivity index (χ0n) is 6.42. The van der Waals surface area contributed by atoms with E-state index in [-0.39, 0.29) is 0 Å². The minimum absolute atomic E-state index is 1.03. The zero-order valence-corrected chi connectivity index (χ0v) is 6.42. The van der Waals surface area contributed by atoms with Crippen molar-refractivity contribution in [2.45, 2.75) is 44.2 Å². The lowest BCUT2D eigenvalue weighted by Crippen LogP contribution is -2.48. The summed E-state index contributed by atoms with van der Waals surface area (Å²) in [5.41, 5.74) is 0. The van der Waals surface area contributed by atoms with E-state index in [9.17, 15) is 0 Å². The SMILES string of the molecule is C1CN2C3CCC2CC1C3. The Morgan fingerprint density at radius 1 is 0.900 bits per heavy atom. The number of piperidine rings is 3. The summed E-state index contributed by atoms with van der Waals surface area (Å²) in [4.78, 5) is 2.78. The van der Waals surface area contributed by atoms with Gasteiger partial charge in [-0.3, -0.25) is 4.90 Å². The largest absolute Gasteiger partial charge is 0.297 e. The molecule has 4 fully saturated rings. The molecule has 0 saturated carbocycles. The van der Waals surface area contributed by atoms with Crippen LogP contribution in [0.25, 0.3) is 0 Å². The van der Waals surface area contributed by atoms with Gasteiger partial charge in [-0.2, -0.15) is 0 Å². The second-order valence-corrected chi connectivity index (χ2v) is 4.25. The highest BCUT2D eigenvalue weighted by molar-refractivity contribution is 4.98. The van der Waals surface area contributed by atoms with E-state index < -0.39 is 0 Å². The molecule has 0 aromatic rings. The van der Waals surface area contributed by atoms with Gasteiger partial charge in [-0.1, -0.05) is 0 Å². The van der Waals surface area contributed by atoms with Gasteiger partial charge in [-0.25, -0.2) is 0 Å². The predicted octanol–water partition coefficient (Wildman–Crippen LogP) is 1.63. The minimum Gasteiger partial charge on any atom is -0.297 e. The molecule has 1 nitrogen and oxygen atoms in total. The first kappa shape index (κ1) is 5.59. The molecule has 0 aromatic heterocycles. The number of rotatable bonds is 0. The van der Waals surface area contributed by atoms with E-state index in [0.717, 1.165) is 18.0 Å². The second-order valence-electron chi connectivity index (χ2n) is 4.25. The van der Waals surface area contributed by atoms with Gasteiger partial charge in [-0.05, 0) is 44.6 Å². The van der Waals surface area contributed by atoms with Crippen LogP contribution >= 0.6 is 0 Å².